The minimum atomic E-state index is -0.883. The van der Waals surface area contributed by atoms with Crippen molar-refractivity contribution in [2.75, 3.05) is 20.3 Å². The van der Waals surface area contributed by atoms with Gasteiger partial charge in [0, 0.05) is 39.3 Å². The lowest BCUT2D eigenvalue weighted by Crippen LogP contribution is -2.54. The normalized spacial score (nSPS) is 19.5. The molecule has 1 saturated heterocycles. The molecule has 1 aliphatic heterocycles. The zero-order valence-corrected chi connectivity index (χ0v) is 20.5. The summed E-state index contributed by atoms with van der Waals surface area (Å²) in [5.74, 6) is -0.504. The average molecular weight is 475 g/mol. The summed E-state index contributed by atoms with van der Waals surface area (Å²) >= 11 is 1.60. The highest BCUT2D eigenvalue weighted by atomic mass is 32.1. The summed E-state index contributed by atoms with van der Waals surface area (Å²) in [7, 11) is 1.59. The number of hydrogen-bond donors (Lipinski definition) is 3. The molecule has 2 amide bonds. The first-order valence-electron chi connectivity index (χ1n) is 11.2. The van der Waals surface area contributed by atoms with Crippen LogP contribution in [0.25, 0.3) is 10.4 Å². The van der Waals surface area contributed by atoms with Gasteiger partial charge in [-0.25, -0.2) is 4.98 Å². The number of aliphatic hydroxyl groups excluding tert-OH is 1. The third kappa shape index (κ3) is 5.78. The van der Waals surface area contributed by atoms with Crippen LogP contribution in [0.5, 0.6) is 0 Å². The minimum absolute atomic E-state index is 0.125. The summed E-state index contributed by atoms with van der Waals surface area (Å²) in [6, 6.07) is 6.83. The van der Waals surface area contributed by atoms with Gasteiger partial charge in [0.05, 0.1) is 27.6 Å². The van der Waals surface area contributed by atoms with Crippen molar-refractivity contribution in [2.24, 2.45) is 11.1 Å². The number of aromatic nitrogens is 1. The lowest BCUT2D eigenvalue weighted by molar-refractivity contribution is -0.146. The van der Waals surface area contributed by atoms with E-state index in [-0.39, 0.29) is 24.8 Å². The Labute approximate surface area is 199 Å². The van der Waals surface area contributed by atoms with Crippen molar-refractivity contribution < 1.29 is 19.4 Å². The molecule has 1 unspecified atom stereocenters. The maximum Gasteiger partial charge on any atom is 0.243 e. The maximum atomic E-state index is 13.3. The number of hydrogen-bond acceptors (Lipinski definition) is 7. The van der Waals surface area contributed by atoms with Crippen LogP contribution < -0.4 is 11.1 Å². The molecule has 2 aromatic rings. The van der Waals surface area contributed by atoms with E-state index in [4.69, 9.17) is 10.5 Å². The van der Waals surface area contributed by atoms with E-state index in [9.17, 15) is 14.7 Å². The predicted molar refractivity (Wildman–Crippen MR) is 129 cm³/mol. The molecule has 3 atom stereocenters. The van der Waals surface area contributed by atoms with Crippen LogP contribution in [0, 0.1) is 12.3 Å². The van der Waals surface area contributed by atoms with Gasteiger partial charge in [0.25, 0.3) is 0 Å². The molecule has 1 aromatic heterocycles. The molecule has 0 aliphatic carbocycles. The van der Waals surface area contributed by atoms with Gasteiger partial charge < -0.3 is 25.8 Å². The second-order valence-corrected chi connectivity index (χ2v) is 10.0. The minimum Gasteiger partial charge on any atom is -0.391 e. The number of aryl methyl sites for hydroxylation is 1. The van der Waals surface area contributed by atoms with E-state index in [1.165, 1.54) is 4.90 Å². The molecule has 3 rings (SSSR count). The number of benzene rings is 1. The Morgan fingerprint density at radius 2 is 2.06 bits per heavy atom. The van der Waals surface area contributed by atoms with Crippen LogP contribution in [0.4, 0.5) is 0 Å². The van der Waals surface area contributed by atoms with E-state index in [0.29, 0.717) is 19.6 Å². The number of ether oxygens (including phenoxy) is 1. The topological polar surface area (TPSA) is 118 Å². The third-order valence-corrected chi connectivity index (χ3v) is 7.36. The van der Waals surface area contributed by atoms with E-state index >= 15 is 0 Å². The number of nitrogens with two attached hydrogens (primary N) is 1. The molecular formula is C24H34N4O4S. The van der Waals surface area contributed by atoms with Crippen molar-refractivity contribution in [1.29, 1.82) is 0 Å². The molecular weight excluding hydrogens is 440 g/mol. The van der Waals surface area contributed by atoms with Crippen LogP contribution in [-0.4, -0.2) is 65.3 Å². The molecule has 0 radical (unpaired) electrons. The zero-order chi connectivity index (χ0) is 24.2. The Balaban J connectivity index is 1.63. The fourth-order valence-corrected chi connectivity index (χ4v) is 4.89. The van der Waals surface area contributed by atoms with Crippen molar-refractivity contribution in [1.82, 2.24) is 15.2 Å². The molecule has 0 bridgehead atoms. The first-order valence-corrected chi connectivity index (χ1v) is 12.0. The second-order valence-electron chi connectivity index (χ2n) is 9.15. The highest BCUT2D eigenvalue weighted by Crippen LogP contribution is 2.30. The van der Waals surface area contributed by atoms with E-state index in [2.05, 4.69) is 10.3 Å². The smallest absolute Gasteiger partial charge is 0.243 e. The van der Waals surface area contributed by atoms with Crippen molar-refractivity contribution in [3.63, 3.8) is 0 Å². The number of nitrogens with zero attached hydrogens (tertiary/aromatic N) is 2. The molecule has 1 aliphatic rings. The summed E-state index contributed by atoms with van der Waals surface area (Å²) in [6.45, 7) is 6.45. The Morgan fingerprint density at radius 3 is 2.67 bits per heavy atom. The quantitative estimate of drug-likeness (QED) is 0.512. The SMILES string of the molecule is COCCC(N)C(C)(C)C(=O)N1C[C@H](O)C[C@H]1C(=O)NCc1ccc(-c2scnc2C)cc1. The van der Waals surface area contributed by atoms with E-state index < -0.39 is 23.6 Å². The second kappa shape index (κ2) is 10.7. The molecule has 180 valence electrons. The Bertz CT molecular complexity index is 960. The Morgan fingerprint density at radius 1 is 1.36 bits per heavy atom. The Kier molecular flexibility index (Phi) is 8.23. The Hall–Kier alpha value is -2.33. The fourth-order valence-electron chi connectivity index (χ4n) is 4.08. The summed E-state index contributed by atoms with van der Waals surface area (Å²) < 4.78 is 5.09. The molecule has 0 spiro atoms. The van der Waals surface area contributed by atoms with Crippen molar-refractivity contribution >= 4 is 23.2 Å². The molecule has 2 heterocycles. The van der Waals surface area contributed by atoms with Gasteiger partial charge in [-0.15, -0.1) is 11.3 Å². The summed E-state index contributed by atoms with van der Waals surface area (Å²) in [5.41, 5.74) is 10.2. The number of aliphatic hydroxyl groups is 1. The summed E-state index contributed by atoms with van der Waals surface area (Å²) in [6.07, 6.45) is 0.00188. The number of carbonyl (C=O) groups is 2. The lowest BCUT2D eigenvalue weighted by Gasteiger charge is -2.36. The maximum absolute atomic E-state index is 13.3. The van der Waals surface area contributed by atoms with Crippen molar-refractivity contribution in [2.45, 2.75) is 58.3 Å². The first kappa shape index (κ1) is 25.3. The summed E-state index contributed by atoms with van der Waals surface area (Å²) in [5, 5.41) is 13.1. The molecule has 0 saturated carbocycles. The third-order valence-electron chi connectivity index (χ3n) is 6.38. The molecule has 8 nitrogen and oxygen atoms in total. The summed E-state index contributed by atoms with van der Waals surface area (Å²) in [4.78, 5) is 33.2. The van der Waals surface area contributed by atoms with Crippen LogP contribution >= 0.6 is 11.3 Å². The molecule has 9 heteroatoms. The van der Waals surface area contributed by atoms with Crippen LogP contribution in [0.15, 0.2) is 29.8 Å². The van der Waals surface area contributed by atoms with Gasteiger partial charge in [-0.3, -0.25) is 9.59 Å². The van der Waals surface area contributed by atoms with Gasteiger partial charge in [0.2, 0.25) is 11.8 Å². The number of thiazole rings is 1. The molecule has 33 heavy (non-hydrogen) atoms. The predicted octanol–water partition coefficient (Wildman–Crippen LogP) is 2.09. The lowest BCUT2D eigenvalue weighted by atomic mass is 9.81. The van der Waals surface area contributed by atoms with Gasteiger partial charge in [-0.1, -0.05) is 24.3 Å². The van der Waals surface area contributed by atoms with Gasteiger partial charge in [0.1, 0.15) is 6.04 Å². The zero-order valence-electron chi connectivity index (χ0n) is 19.7. The van der Waals surface area contributed by atoms with Crippen molar-refractivity contribution in [3.8, 4) is 10.4 Å². The van der Waals surface area contributed by atoms with Crippen LogP contribution in [0.3, 0.4) is 0 Å². The highest BCUT2D eigenvalue weighted by Gasteiger charge is 2.45. The number of nitrogens with one attached hydrogen (secondary N) is 1. The molecule has 1 fully saturated rings. The van der Waals surface area contributed by atoms with E-state index in [0.717, 1.165) is 21.7 Å². The van der Waals surface area contributed by atoms with Crippen LogP contribution in [-0.2, 0) is 20.9 Å². The first-order chi connectivity index (χ1) is 15.6. The highest BCUT2D eigenvalue weighted by molar-refractivity contribution is 7.13. The standard InChI is InChI=1S/C24H34N4O4S/c1-15-21(33-14-27-15)17-7-5-16(6-8-17)12-26-22(30)19-11-18(29)13-28(19)23(31)24(2,3)20(25)9-10-32-4/h5-8,14,18-20,29H,9-13,25H2,1-4H3,(H,26,30)/t18-,19+,20?/m1/s1. The van der Waals surface area contributed by atoms with Crippen molar-refractivity contribution in [3.05, 3.63) is 41.0 Å². The van der Waals surface area contributed by atoms with Gasteiger partial charge in [-0.2, -0.15) is 0 Å². The van der Waals surface area contributed by atoms with E-state index in [1.54, 1.807) is 32.3 Å². The largest absolute Gasteiger partial charge is 0.391 e. The molecule has 4 N–H and O–H groups in total. The van der Waals surface area contributed by atoms with E-state index in [1.807, 2.05) is 36.7 Å². The number of carbonyl (C=O) groups excluding carboxylic acids is 2. The van der Waals surface area contributed by atoms with Gasteiger partial charge in [0.15, 0.2) is 0 Å². The monoisotopic (exact) mass is 474 g/mol. The number of methoxy groups -OCH3 is 1. The number of amides is 2. The van der Waals surface area contributed by atoms with Gasteiger partial charge >= 0.3 is 0 Å². The number of rotatable bonds is 9. The molecule has 1 aromatic carbocycles. The number of likely N-dealkylation sites (tertiary alicyclic amines) is 1. The number of β-amino-alcohol motifs (C(OH)–C–C–N with tert-alkyl or cyclic N) is 1. The fraction of sp³-hybridized carbons (Fsp3) is 0.542. The van der Waals surface area contributed by atoms with Crippen LogP contribution in [0.1, 0.15) is 37.9 Å². The average Bonchev–Trinajstić information content (AvgIpc) is 3.40. The van der Waals surface area contributed by atoms with Gasteiger partial charge in [-0.05, 0) is 38.3 Å². The van der Waals surface area contributed by atoms with Crippen LogP contribution in [0.2, 0.25) is 0 Å².